The van der Waals surface area contributed by atoms with Crippen molar-refractivity contribution < 1.29 is 9.13 Å². The molecule has 1 fully saturated rings. The monoisotopic (exact) mass is 287 g/mol. The van der Waals surface area contributed by atoms with E-state index in [1.54, 1.807) is 6.07 Å². The van der Waals surface area contributed by atoms with Gasteiger partial charge in [0.15, 0.2) is 0 Å². The van der Waals surface area contributed by atoms with Crippen LogP contribution in [-0.2, 0) is 0 Å². The molecule has 2 unspecified atom stereocenters. The van der Waals surface area contributed by atoms with Crippen LogP contribution in [0.2, 0.25) is 0 Å². The molecular formula is C12H15BrFNO. The van der Waals surface area contributed by atoms with Gasteiger partial charge in [0, 0.05) is 23.9 Å². The highest BCUT2D eigenvalue weighted by Crippen LogP contribution is 2.42. The van der Waals surface area contributed by atoms with Gasteiger partial charge in [0.05, 0.1) is 4.47 Å². The molecule has 0 aliphatic heterocycles. The van der Waals surface area contributed by atoms with Gasteiger partial charge in [-0.15, -0.1) is 0 Å². The number of halogens is 2. The van der Waals surface area contributed by atoms with Gasteiger partial charge < -0.3 is 10.5 Å². The van der Waals surface area contributed by atoms with E-state index < -0.39 is 0 Å². The molecular weight excluding hydrogens is 273 g/mol. The summed E-state index contributed by atoms with van der Waals surface area (Å²) in [5.74, 6) is 0.254. The van der Waals surface area contributed by atoms with Crippen LogP contribution in [0, 0.1) is 11.2 Å². The molecule has 16 heavy (non-hydrogen) atoms. The van der Waals surface area contributed by atoms with Crippen LogP contribution in [0.25, 0.3) is 0 Å². The topological polar surface area (TPSA) is 35.2 Å². The van der Waals surface area contributed by atoms with Gasteiger partial charge in [-0.25, -0.2) is 4.39 Å². The zero-order chi connectivity index (χ0) is 11.9. The van der Waals surface area contributed by atoms with Crippen LogP contribution < -0.4 is 10.5 Å². The first-order valence-electron chi connectivity index (χ1n) is 5.28. The summed E-state index contributed by atoms with van der Waals surface area (Å²) < 4.78 is 19.6. The van der Waals surface area contributed by atoms with Crippen LogP contribution in [0.1, 0.15) is 20.3 Å². The highest BCUT2D eigenvalue weighted by atomic mass is 79.9. The zero-order valence-electron chi connectivity index (χ0n) is 9.34. The third-order valence-electron chi connectivity index (χ3n) is 3.42. The minimum atomic E-state index is -0.292. The summed E-state index contributed by atoms with van der Waals surface area (Å²) in [6.07, 6.45) is 0.872. The quantitative estimate of drug-likeness (QED) is 0.907. The summed E-state index contributed by atoms with van der Waals surface area (Å²) in [6, 6.07) is 4.60. The fourth-order valence-corrected chi connectivity index (χ4v) is 2.18. The Hall–Kier alpha value is -0.610. The van der Waals surface area contributed by atoms with E-state index in [-0.39, 0.29) is 23.4 Å². The van der Waals surface area contributed by atoms with Crippen molar-refractivity contribution in [2.45, 2.75) is 32.4 Å². The normalized spacial score (nSPS) is 27.3. The standard InChI is InChI=1S/C12H15BrFNO/c1-12(2)10(15)6-11(12)16-9-5-7(14)3-4-8(9)13/h3-5,10-11H,6,15H2,1-2H3. The van der Waals surface area contributed by atoms with Crippen LogP contribution in [0.3, 0.4) is 0 Å². The highest BCUT2D eigenvalue weighted by molar-refractivity contribution is 9.10. The van der Waals surface area contributed by atoms with E-state index >= 15 is 0 Å². The van der Waals surface area contributed by atoms with Crippen molar-refractivity contribution in [2.24, 2.45) is 11.1 Å². The van der Waals surface area contributed by atoms with Crippen LogP contribution in [0.5, 0.6) is 5.75 Å². The van der Waals surface area contributed by atoms with Crippen molar-refractivity contribution in [3.63, 3.8) is 0 Å². The molecule has 1 saturated carbocycles. The molecule has 2 rings (SSSR count). The molecule has 1 aromatic carbocycles. The van der Waals surface area contributed by atoms with Crippen molar-refractivity contribution in [3.8, 4) is 5.75 Å². The minimum Gasteiger partial charge on any atom is -0.488 e. The summed E-state index contributed by atoms with van der Waals surface area (Å²) in [7, 11) is 0. The van der Waals surface area contributed by atoms with Gasteiger partial charge in [0.25, 0.3) is 0 Å². The third kappa shape index (κ3) is 1.96. The molecule has 2 nitrogen and oxygen atoms in total. The summed E-state index contributed by atoms with van der Waals surface area (Å²) in [4.78, 5) is 0. The van der Waals surface area contributed by atoms with Crippen molar-refractivity contribution in [1.29, 1.82) is 0 Å². The Kier molecular flexibility index (Phi) is 2.97. The first-order chi connectivity index (χ1) is 7.41. The second kappa shape index (κ2) is 4.00. The van der Waals surface area contributed by atoms with Crippen LogP contribution in [-0.4, -0.2) is 12.1 Å². The van der Waals surface area contributed by atoms with Crippen LogP contribution in [0.15, 0.2) is 22.7 Å². The Morgan fingerprint density at radius 3 is 2.75 bits per heavy atom. The SMILES string of the molecule is CC1(C)C(N)CC1Oc1cc(F)ccc1Br. The second-order valence-electron chi connectivity index (χ2n) is 4.84. The molecule has 2 atom stereocenters. The number of rotatable bonds is 2. The van der Waals surface area contributed by atoms with Crippen LogP contribution >= 0.6 is 15.9 Å². The van der Waals surface area contributed by atoms with E-state index in [4.69, 9.17) is 10.5 Å². The first kappa shape index (κ1) is 11.9. The number of nitrogens with two attached hydrogens (primary N) is 1. The molecule has 0 spiro atoms. The van der Waals surface area contributed by atoms with E-state index in [1.165, 1.54) is 12.1 Å². The Bertz CT molecular complexity index is 408. The van der Waals surface area contributed by atoms with E-state index in [0.29, 0.717) is 5.75 Å². The van der Waals surface area contributed by atoms with Gasteiger partial charge in [0.1, 0.15) is 17.7 Å². The average Bonchev–Trinajstić information content (AvgIpc) is 2.23. The molecule has 0 aromatic heterocycles. The number of hydrogen-bond donors (Lipinski definition) is 1. The molecule has 0 amide bonds. The first-order valence-corrected chi connectivity index (χ1v) is 6.08. The molecule has 2 N–H and O–H groups in total. The molecule has 1 aliphatic rings. The second-order valence-corrected chi connectivity index (χ2v) is 5.70. The molecule has 0 heterocycles. The predicted molar refractivity (Wildman–Crippen MR) is 64.9 cm³/mol. The van der Waals surface area contributed by atoms with Gasteiger partial charge in [-0.2, -0.15) is 0 Å². The third-order valence-corrected chi connectivity index (χ3v) is 4.07. The maximum atomic E-state index is 13.1. The zero-order valence-corrected chi connectivity index (χ0v) is 10.9. The van der Waals surface area contributed by atoms with Crippen molar-refractivity contribution in [3.05, 3.63) is 28.5 Å². The molecule has 88 valence electrons. The van der Waals surface area contributed by atoms with Crippen molar-refractivity contribution in [1.82, 2.24) is 0 Å². The maximum Gasteiger partial charge on any atom is 0.136 e. The van der Waals surface area contributed by atoms with Gasteiger partial charge >= 0.3 is 0 Å². The summed E-state index contributed by atoms with van der Waals surface area (Å²) in [5.41, 5.74) is 5.85. The Morgan fingerprint density at radius 2 is 2.19 bits per heavy atom. The lowest BCUT2D eigenvalue weighted by Crippen LogP contribution is -2.60. The van der Waals surface area contributed by atoms with Gasteiger partial charge in [-0.1, -0.05) is 13.8 Å². The number of ether oxygens (including phenoxy) is 1. The molecule has 0 saturated heterocycles. The Balaban J connectivity index is 2.13. The number of hydrogen-bond acceptors (Lipinski definition) is 2. The molecule has 1 aromatic rings. The molecule has 0 radical (unpaired) electrons. The summed E-state index contributed by atoms with van der Waals surface area (Å²) in [5, 5.41) is 0. The summed E-state index contributed by atoms with van der Waals surface area (Å²) >= 11 is 3.34. The largest absolute Gasteiger partial charge is 0.488 e. The summed E-state index contributed by atoms with van der Waals surface area (Å²) in [6.45, 7) is 4.14. The lowest BCUT2D eigenvalue weighted by molar-refractivity contribution is -0.0405. The fourth-order valence-electron chi connectivity index (χ4n) is 1.84. The van der Waals surface area contributed by atoms with Crippen molar-refractivity contribution >= 4 is 15.9 Å². The van der Waals surface area contributed by atoms with Crippen LogP contribution in [0.4, 0.5) is 4.39 Å². The number of benzene rings is 1. The van der Waals surface area contributed by atoms with Gasteiger partial charge in [0.2, 0.25) is 0 Å². The van der Waals surface area contributed by atoms with E-state index in [2.05, 4.69) is 29.8 Å². The molecule has 4 heteroatoms. The Labute approximate surface area is 103 Å². The minimum absolute atomic E-state index is 0.0498. The smallest absolute Gasteiger partial charge is 0.136 e. The van der Waals surface area contributed by atoms with E-state index in [0.717, 1.165) is 10.9 Å². The highest BCUT2D eigenvalue weighted by Gasteiger charge is 2.48. The lowest BCUT2D eigenvalue weighted by atomic mass is 9.65. The van der Waals surface area contributed by atoms with E-state index in [1.807, 2.05) is 0 Å². The fraction of sp³-hybridized carbons (Fsp3) is 0.500. The van der Waals surface area contributed by atoms with Gasteiger partial charge in [-0.05, 0) is 28.1 Å². The Morgan fingerprint density at radius 1 is 1.50 bits per heavy atom. The van der Waals surface area contributed by atoms with Crippen molar-refractivity contribution in [2.75, 3.05) is 0 Å². The average molecular weight is 288 g/mol. The lowest BCUT2D eigenvalue weighted by Gasteiger charge is -2.49. The molecule has 1 aliphatic carbocycles. The maximum absolute atomic E-state index is 13.1. The van der Waals surface area contributed by atoms with E-state index in [9.17, 15) is 4.39 Å². The molecule has 0 bridgehead atoms. The predicted octanol–water partition coefficient (Wildman–Crippen LogP) is 3.09. The van der Waals surface area contributed by atoms with Gasteiger partial charge in [-0.3, -0.25) is 0 Å².